The summed E-state index contributed by atoms with van der Waals surface area (Å²) in [4.78, 5) is 15.9. The molecule has 1 amide bonds. The number of nitrogens with zero attached hydrogens (tertiary/aromatic N) is 2. The fraction of sp³-hybridized carbons (Fsp3) is 0.250. The lowest BCUT2D eigenvalue weighted by Gasteiger charge is -2.04. The van der Waals surface area contributed by atoms with Gasteiger partial charge in [-0.05, 0) is 18.6 Å². The Kier molecular flexibility index (Phi) is 3.49. The van der Waals surface area contributed by atoms with E-state index in [2.05, 4.69) is 20.5 Å². The Balaban J connectivity index is 1.98. The maximum atomic E-state index is 11.7. The molecular formula is C12H14N4O. The molecule has 0 aliphatic heterocycles. The maximum absolute atomic E-state index is 11.7. The lowest BCUT2D eigenvalue weighted by Crippen LogP contribution is -2.16. The highest BCUT2D eigenvalue weighted by Gasteiger charge is 2.08. The molecule has 5 heteroatoms. The van der Waals surface area contributed by atoms with Crippen LogP contribution in [0.4, 0.5) is 5.82 Å². The molecule has 2 N–H and O–H groups in total. The van der Waals surface area contributed by atoms with Crippen LogP contribution in [-0.4, -0.2) is 21.1 Å². The van der Waals surface area contributed by atoms with E-state index in [-0.39, 0.29) is 12.3 Å². The van der Waals surface area contributed by atoms with E-state index in [0.29, 0.717) is 5.82 Å². The van der Waals surface area contributed by atoms with Gasteiger partial charge in [0.05, 0.1) is 12.6 Å². The zero-order valence-corrected chi connectivity index (χ0v) is 9.60. The van der Waals surface area contributed by atoms with Gasteiger partial charge in [0.1, 0.15) is 5.82 Å². The van der Waals surface area contributed by atoms with Crippen molar-refractivity contribution in [3.8, 4) is 0 Å². The molecule has 0 aliphatic rings. The van der Waals surface area contributed by atoms with Crippen LogP contribution in [-0.2, 0) is 17.6 Å². The van der Waals surface area contributed by atoms with Crippen LogP contribution in [0.2, 0.25) is 0 Å². The Bertz CT molecular complexity index is 492. The summed E-state index contributed by atoms with van der Waals surface area (Å²) in [7, 11) is 0. The summed E-state index contributed by atoms with van der Waals surface area (Å²) in [5.74, 6) is 0.580. The van der Waals surface area contributed by atoms with Crippen LogP contribution in [0.3, 0.4) is 0 Å². The average Bonchev–Trinajstić information content (AvgIpc) is 2.77. The SMILES string of the molecule is CCc1cn[nH]c1NC(=O)Cc1ccccn1. The molecule has 0 bridgehead atoms. The van der Waals surface area contributed by atoms with Gasteiger partial charge in [-0.2, -0.15) is 5.10 Å². The molecule has 5 nitrogen and oxygen atoms in total. The van der Waals surface area contributed by atoms with Gasteiger partial charge in [-0.3, -0.25) is 14.9 Å². The first-order valence-electron chi connectivity index (χ1n) is 5.51. The van der Waals surface area contributed by atoms with Gasteiger partial charge < -0.3 is 5.32 Å². The number of rotatable bonds is 4. The zero-order chi connectivity index (χ0) is 12.1. The zero-order valence-electron chi connectivity index (χ0n) is 9.60. The quantitative estimate of drug-likeness (QED) is 0.837. The second-order valence-electron chi connectivity index (χ2n) is 3.67. The number of carbonyl (C=O) groups excluding carboxylic acids is 1. The first-order chi connectivity index (χ1) is 8.29. The van der Waals surface area contributed by atoms with E-state index in [4.69, 9.17) is 0 Å². The minimum atomic E-state index is -0.0948. The third-order valence-electron chi connectivity index (χ3n) is 2.43. The molecule has 0 radical (unpaired) electrons. The minimum absolute atomic E-state index is 0.0948. The number of hydrogen-bond acceptors (Lipinski definition) is 3. The summed E-state index contributed by atoms with van der Waals surface area (Å²) in [6.45, 7) is 2.01. The van der Waals surface area contributed by atoms with Crippen LogP contribution in [0.15, 0.2) is 30.6 Å². The molecule has 0 saturated heterocycles. The van der Waals surface area contributed by atoms with E-state index < -0.39 is 0 Å². The van der Waals surface area contributed by atoms with Gasteiger partial charge in [-0.25, -0.2) is 0 Å². The Hall–Kier alpha value is -2.17. The largest absolute Gasteiger partial charge is 0.311 e. The smallest absolute Gasteiger partial charge is 0.231 e. The number of pyridine rings is 1. The molecule has 2 rings (SSSR count). The molecular weight excluding hydrogens is 216 g/mol. The van der Waals surface area contributed by atoms with Crippen molar-refractivity contribution in [1.29, 1.82) is 0 Å². The normalized spacial score (nSPS) is 10.2. The lowest BCUT2D eigenvalue weighted by molar-refractivity contribution is -0.115. The number of aromatic nitrogens is 3. The molecule has 0 unspecified atom stereocenters. The summed E-state index contributed by atoms with van der Waals surface area (Å²) in [6.07, 6.45) is 4.49. The van der Waals surface area contributed by atoms with Gasteiger partial charge in [0, 0.05) is 17.5 Å². The summed E-state index contributed by atoms with van der Waals surface area (Å²) >= 11 is 0. The van der Waals surface area contributed by atoms with Crippen molar-refractivity contribution in [3.05, 3.63) is 41.9 Å². The first kappa shape index (κ1) is 11.3. The Morgan fingerprint density at radius 3 is 3.06 bits per heavy atom. The lowest BCUT2D eigenvalue weighted by atomic mass is 10.2. The molecule has 2 aromatic heterocycles. The van der Waals surface area contributed by atoms with Crippen LogP contribution < -0.4 is 5.32 Å². The van der Waals surface area contributed by atoms with Crippen molar-refractivity contribution >= 4 is 11.7 Å². The Morgan fingerprint density at radius 1 is 1.47 bits per heavy atom. The highest BCUT2D eigenvalue weighted by atomic mass is 16.1. The number of hydrogen-bond donors (Lipinski definition) is 2. The number of anilines is 1. The molecule has 0 saturated carbocycles. The molecule has 0 aromatic carbocycles. The standard InChI is InChI=1S/C12H14N4O/c1-2-9-8-14-16-12(9)15-11(17)7-10-5-3-4-6-13-10/h3-6,8H,2,7H2,1H3,(H2,14,15,16,17). The average molecular weight is 230 g/mol. The Labute approximate surface area is 99.3 Å². The topological polar surface area (TPSA) is 70.7 Å². The van der Waals surface area contributed by atoms with Gasteiger partial charge in [0.15, 0.2) is 0 Å². The highest BCUT2D eigenvalue weighted by Crippen LogP contribution is 2.11. The monoisotopic (exact) mass is 230 g/mol. The van der Waals surface area contributed by atoms with Gasteiger partial charge >= 0.3 is 0 Å². The van der Waals surface area contributed by atoms with Crippen LogP contribution in [0.1, 0.15) is 18.2 Å². The molecule has 0 spiro atoms. The number of aryl methyl sites for hydroxylation is 1. The van der Waals surface area contributed by atoms with Gasteiger partial charge in [-0.1, -0.05) is 13.0 Å². The van der Waals surface area contributed by atoms with Gasteiger partial charge in [0.25, 0.3) is 0 Å². The van der Waals surface area contributed by atoms with Gasteiger partial charge in [0.2, 0.25) is 5.91 Å². The number of aromatic amines is 1. The molecule has 0 fully saturated rings. The summed E-state index contributed by atoms with van der Waals surface area (Å²) in [5, 5.41) is 9.46. The predicted molar refractivity (Wildman–Crippen MR) is 64.5 cm³/mol. The van der Waals surface area contributed by atoms with E-state index in [1.165, 1.54) is 0 Å². The van der Waals surface area contributed by atoms with Crippen molar-refractivity contribution in [2.45, 2.75) is 19.8 Å². The van der Waals surface area contributed by atoms with E-state index in [0.717, 1.165) is 17.7 Å². The van der Waals surface area contributed by atoms with E-state index in [1.807, 2.05) is 25.1 Å². The van der Waals surface area contributed by atoms with Gasteiger partial charge in [-0.15, -0.1) is 0 Å². The predicted octanol–water partition coefficient (Wildman–Crippen LogP) is 1.55. The number of H-pyrrole nitrogens is 1. The van der Waals surface area contributed by atoms with Crippen molar-refractivity contribution in [3.63, 3.8) is 0 Å². The molecule has 2 heterocycles. The summed E-state index contributed by atoms with van der Waals surface area (Å²) < 4.78 is 0. The third kappa shape index (κ3) is 2.90. The van der Waals surface area contributed by atoms with E-state index >= 15 is 0 Å². The minimum Gasteiger partial charge on any atom is -0.311 e. The van der Waals surface area contributed by atoms with E-state index in [1.54, 1.807) is 12.4 Å². The Morgan fingerprint density at radius 2 is 2.35 bits per heavy atom. The van der Waals surface area contributed by atoms with Crippen molar-refractivity contribution in [2.75, 3.05) is 5.32 Å². The van der Waals surface area contributed by atoms with Crippen molar-refractivity contribution in [1.82, 2.24) is 15.2 Å². The van der Waals surface area contributed by atoms with Crippen LogP contribution in [0, 0.1) is 0 Å². The van der Waals surface area contributed by atoms with Crippen LogP contribution in [0.5, 0.6) is 0 Å². The van der Waals surface area contributed by atoms with Crippen molar-refractivity contribution < 1.29 is 4.79 Å². The number of carbonyl (C=O) groups is 1. The second-order valence-corrected chi connectivity index (χ2v) is 3.67. The van der Waals surface area contributed by atoms with Crippen LogP contribution >= 0.6 is 0 Å². The molecule has 0 atom stereocenters. The highest BCUT2D eigenvalue weighted by molar-refractivity contribution is 5.91. The maximum Gasteiger partial charge on any atom is 0.231 e. The molecule has 2 aromatic rings. The third-order valence-corrected chi connectivity index (χ3v) is 2.43. The first-order valence-corrected chi connectivity index (χ1v) is 5.51. The van der Waals surface area contributed by atoms with E-state index in [9.17, 15) is 4.79 Å². The summed E-state index contributed by atoms with van der Waals surface area (Å²) in [5.41, 5.74) is 1.75. The number of nitrogens with one attached hydrogen (secondary N) is 2. The molecule has 17 heavy (non-hydrogen) atoms. The fourth-order valence-corrected chi connectivity index (χ4v) is 1.54. The summed E-state index contributed by atoms with van der Waals surface area (Å²) in [6, 6.07) is 5.52. The molecule has 0 aliphatic carbocycles. The van der Waals surface area contributed by atoms with Crippen molar-refractivity contribution in [2.24, 2.45) is 0 Å². The van der Waals surface area contributed by atoms with Crippen LogP contribution in [0.25, 0.3) is 0 Å². The second kappa shape index (κ2) is 5.25. The molecule has 88 valence electrons. The fourth-order valence-electron chi connectivity index (χ4n) is 1.54. The number of amides is 1.